The Morgan fingerprint density at radius 3 is 2.33 bits per heavy atom. The van der Waals surface area contributed by atoms with Crippen molar-refractivity contribution in [3.05, 3.63) is 35.7 Å². The number of rotatable bonds is 6. The van der Waals surface area contributed by atoms with E-state index in [0.29, 0.717) is 11.2 Å². The van der Waals surface area contributed by atoms with Gasteiger partial charge in [0.1, 0.15) is 0 Å². The lowest BCUT2D eigenvalue weighted by Crippen LogP contribution is -2.44. The second-order valence-corrected chi connectivity index (χ2v) is 9.45. The Balaban J connectivity index is 1.56. The lowest BCUT2D eigenvalue weighted by Gasteiger charge is -2.52. The van der Waals surface area contributed by atoms with Crippen molar-refractivity contribution in [1.82, 2.24) is 14.8 Å². The highest BCUT2D eigenvalue weighted by Gasteiger charge is 2.51. The first-order valence-electron chi connectivity index (χ1n) is 10.9. The van der Waals surface area contributed by atoms with Crippen molar-refractivity contribution in [2.45, 2.75) is 82.4 Å². The number of aliphatic hydroxyl groups is 1. The smallest absolute Gasteiger partial charge is 0.393 e. The molecule has 1 N–H and O–H groups in total. The second-order valence-electron chi connectivity index (χ2n) is 9.45. The fourth-order valence-electron chi connectivity index (χ4n) is 5.52. The molecule has 0 radical (unpaired) electrons. The number of alkyl halides is 3. The molecule has 5 rings (SSSR count). The Labute approximate surface area is 175 Å². The van der Waals surface area contributed by atoms with E-state index in [1.807, 2.05) is 6.92 Å². The van der Waals surface area contributed by atoms with Gasteiger partial charge < -0.3 is 5.11 Å². The summed E-state index contributed by atoms with van der Waals surface area (Å²) in [5.74, 6) is 0.987. The van der Waals surface area contributed by atoms with Crippen LogP contribution in [-0.2, 0) is 18.6 Å². The molecule has 3 saturated carbocycles. The predicted octanol–water partition coefficient (Wildman–Crippen LogP) is 5.64. The van der Waals surface area contributed by atoms with E-state index in [-0.39, 0.29) is 22.9 Å². The molecule has 0 spiro atoms. The summed E-state index contributed by atoms with van der Waals surface area (Å²) < 4.78 is 42.0. The Bertz CT molecular complexity index is 879. The second kappa shape index (κ2) is 7.66. The number of halogens is 3. The van der Waals surface area contributed by atoms with Gasteiger partial charge in [-0.1, -0.05) is 24.6 Å². The van der Waals surface area contributed by atoms with E-state index in [2.05, 4.69) is 10.1 Å². The first-order chi connectivity index (χ1) is 14.1. The lowest BCUT2D eigenvalue weighted by atomic mass is 9.52. The Morgan fingerprint density at radius 1 is 1.10 bits per heavy atom. The molecule has 0 amide bonds. The first-order valence-corrected chi connectivity index (χ1v) is 10.9. The topological polar surface area (TPSA) is 50.9 Å². The van der Waals surface area contributed by atoms with Gasteiger partial charge in [-0.05, 0) is 69.8 Å². The zero-order valence-corrected chi connectivity index (χ0v) is 17.7. The molecular formula is C23H30F3N3O. The van der Waals surface area contributed by atoms with E-state index >= 15 is 0 Å². The van der Waals surface area contributed by atoms with Crippen LogP contribution >= 0.6 is 0 Å². The summed E-state index contributed by atoms with van der Waals surface area (Å²) in [6.07, 6.45) is 4.67. The van der Waals surface area contributed by atoms with Crippen LogP contribution in [0.25, 0.3) is 11.4 Å². The minimum atomic E-state index is -4.43. The van der Waals surface area contributed by atoms with Crippen LogP contribution in [0, 0.1) is 5.41 Å². The van der Waals surface area contributed by atoms with Gasteiger partial charge >= 0.3 is 6.18 Å². The van der Waals surface area contributed by atoms with Crippen LogP contribution in [0.1, 0.15) is 76.1 Å². The normalized spacial score (nSPS) is 27.4. The highest BCUT2D eigenvalue weighted by molar-refractivity contribution is 5.61. The van der Waals surface area contributed by atoms with Gasteiger partial charge in [-0.2, -0.15) is 18.3 Å². The van der Waals surface area contributed by atoms with Gasteiger partial charge in [0, 0.05) is 18.0 Å². The van der Waals surface area contributed by atoms with Crippen molar-refractivity contribution in [1.29, 1.82) is 0 Å². The van der Waals surface area contributed by atoms with Gasteiger partial charge in [-0.25, -0.2) is 9.67 Å². The molecule has 2 bridgehead atoms. The maximum Gasteiger partial charge on any atom is 0.417 e. The standard InChI is InChI=1S/C23H30F3N3O/c1-16(30)6-5-9-21-10-13-22(14-11-21,15-12-21)20-27-19(29(2)28-20)17-7-3-4-8-18(17)23(24,25)26/h3-4,7-8,16,30H,5-6,9-15H2,1-2H3. The summed E-state index contributed by atoms with van der Waals surface area (Å²) in [7, 11) is 1.68. The molecule has 7 heteroatoms. The predicted molar refractivity (Wildman–Crippen MR) is 109 cm³/mol. The molecule has 0 aliphatic heterocycles. The molecule has 164 valence electrons. The van der Waals surface area contributed by atoms with Crippen LogP contribution in [0.4, 0.5) is 13.2 Å². The fraction of sp³-hybridized carbons (Fsp3) is 0.652. The summed E-state index contributed by atoms with van der Waals surface area (Å²) in [6.45, 7) is 1.84. The zero-order chi connectivity index (χ0) is 21.6. The molecule has 3 fully saturated rings. The molecule has 2 aromatic rings. The molecule has 1 unspecified atom stereocenters. The van der Waals surface area contributed by atoms with Gasteiger partial charge in [0.25, 0.3) is 0 Å². The Morgan fingerprint density at radius 2 is 1.73 bits per heavy atom. The molecule has 30 heavy (non-hydrogen) atoms. The highest BCUT2D eigenvalue weighted by Crippen LogP contribution is 2.59. The number of aryl methyl sites for hydroxylation is 1. The maximum atomic E-state index is 13.5. The third-order valence-corrected chi connectivity index (χ3v) is 7.44. The first kappa shape index (κ1) is 21.3. The van der Waals surface area contributed by atoms with Gasteiger partial charge in [0.05, 0.1) is 11.7 Å². The molecule has 3 aliphatic carbocycles. The summed E-state index contributed by atoms with van der Waals surface area (Å²) in [5.41, 5.74) is -0.345. The average Bonchev–Trinajstić information content (AvgIpc) is 3.11. The third kappa shape index (κ3) is 3.88. The van der Waals surface area contributed by atoms with E-state index in [1.165, 1.54) is 16.8 Å². The van der Waals surface area contributed by atoms with Crippen LogP contribution in [0.5, 0.6) is 0 Å². The summed E-state index contributed by atoms with van der Waals surface area (Å²) in [5, 5.41) is 14.2. The molecule has 3 aliphatic rings. The fourth-order valence-corrected chi connectivity index (χ4v) is 5.52. The number of hydrogen-bond donors (Lipinski definition) is 1. The van der Waals surface area contributed by atoms with E-state index < -0.39 is 11.7 Å². The summed E-state index contributed by atoms with van der Waals surface area (Å²) in [4.78, 5) is 4.67. The molecular weight excluding hydrogens is 391 g/mol. The van der Waals surface area contributed by atoms with Crippen molar-refractivity contribution in [3.63, 3.8) is 0 Å². The monoisotopic (exact) mass is 421 g/mol. The molecule has 0 saturated heterocycles. The van der Waals surface area contributed by atoms with Gasteiger partial charge in [-0.3, -0.25) is 0 Å². The Kier molecular flexibility index (Phi) is 5.45. The lowest BCUT2D eigenvalue weighted by molar-refractivity contribution is -0.137. The van der Waals surface area contributed by atoms with Crippen molar-refractivity contribution >= 4 is 0 Å². The van der Waals surface area contributed by atoms with E-state index in [9.17, 15) is 18.3 Å². The molecule has 1 aromatic heterocycles. The summed E-state index contributed by atoms with van der Waals surface area (Å²) >= 11 is 0. The quantitative estimate of drug-likeness (QED) is 0.656. The zero-order valence-electron chi connectivity index (χ0n) is 17.7. The minimum absolute atomic E-state index is 0.0849. The van der Waals surface area contributed by atoms with Crippen LogP contribution in [0.2, 0.25) is 0 Å². The minimum Gasteiger partial charge on any atom is -0.393 e. The number of aromatic nitrogens is 3. The molecule has 1 aromatic carbocycles. The van der Waals surface area contributed by atoms with Crippen molar-refractivity contribution < 1.29 is 18.3 Å². The van der Waals surface area contributed by atoms with E-state index in [4.69, 9.17) is 0 Å². The molecule has 1 atom stereocenters. The number of hydrogen-bond acceptors (Lipinski definition) is 3. The van der Waals surface area contributed by atoms with Gasteiger partial charge in [0.2, 0.25) is 0 Å². The highest BCUT2D eigenvalue weighted by atomic mass is 19.4. The average molecular weight is 422 g/mol. The third-order valence-electron chi connectivity index (χ3n) is 7.44. The van der Waals surface area contributed by atoms with Gasteiger partial charge in [-0.15, -0.1) is 0 Å². The molecule has 4 nitrogen and oxygen atoms in total. The number of aliphatic hydroxyl groups excluding tert-OH is 1. The number of fused-ring (bicyclic) bond motifs is 3. The van der Waals surface area contributed by atoms with Crippen LogP contribution in [-0.4, -0.2) is 26.0 Å². The summed E-state index contributed by atoms with van der Waals surface area (Å²) in [6, 6.07) is 5.59. The van der Waals surface area contributed by atoms with Crippen molar-refractivity contribution in [3.8, 4) is 11.4 Å². The van der Waals surface area contributed by atoms with Gasteiger partial charge in [0.15, 0.2) is 11.6 Å². The number of nitrogens with zero attached hydrogens (tertiary/aromatic N) is 3. The van der Waals surface area contributed by atoms with Crippen LogP contribution < -0.4 is 0 Å². The molecule has 1 heterocycles. The Hall–Kier alpha value is -1.89. The number of benzene rings is 1. The van der Waals surface area contributed by atoms with Crippen molar-refractivity contribution in [2.24, 2.45) is 12.5 Å². The van der Waals surface area contributed by atoms with E-state index in [0.717, 1.165) is 63.9 Å². The maximum absolute atomic E-state index is 13.5. The van der Waals surface area contributed by atoms with Crippen LogP contribution in [0.3, 0.4) is 0 Å². The van der Waals surface area contributed by atoms with Crippen LogP contribution in [0.15, 0.2) is 24.3 Å². The van der Waals surface area contributed by atoms with Crippen molar-refractivity contribution in [2.75, 3.05) is 0 Å². The largest absolute Gasteiger partial charge is 0.417 e. The van der Waals surface area contributed by atoms with E-state index in [1.54, 1.807) is 13.1 Å². The SMILES string of the molecule is CC(O)CCCC12CCC(c3nc(-c4ccccc4C(F)(F)F)n(C)n3)(CC1)CC2.